The average molecular weight is 116 g/mol. The fraction of sp³-hybridized carbons (Fsp3) is 0.500. The number of carbonyl (C=O) groups excluding carboxylic acids is 1. The molecular formula is C4H8N2O2. The van der Waals surface area contributed by atoms with Crippen molar-refractivity contribution < 1.29 is 9.53 Å². The highest BCUT2D eigenvalue weighted by atomic mass is 16.5. The summed E-state index contributed by atoms with van der Waals surface area (Å²) in [5, 5.41) is 2.95. The van der Waals surface area contributed by atoms with E-state index in [1.807, 2.05) is 0 Å². The monoisotopic (exact) mass is 116 g/mol. The SMILES string of the molecule is CCOC(=O)/C=N/N. The van der Waals surface area contributed by atoms with Gasteiger partial charge in [0.25, 0.3) is 0 Å². The maximum atomic E-state index is 10.2. The topological polar surface area (TPSA) is 64.7 Å². The van der Waals surface area contributed by atoms with Gasteiger partial charge in [-0.15, -0.1) is 0 Å². The molecule has 8 heavy (non-hydrogen) atoms. The summed E-state index contributed by atoms with van der Waals surface area (Å²) in [6.45, 7) is 2.06. The minimum Gasteiger partial charge on any atom is -0.462 e. The van der Waals surface area contributed by atoms with E-state index in [-0.39, 0.29) is 0 Å². The Balaban J connectivity index is 3.33. The zero-order valence-electron chi connectivity index (χ0n) is 4.63. The van der Waals surface area contributed by atoms with Crippen LogP contribution in [-0.4, -0.2) is 18.8 Å². The van der Waals surface area contributed by atoms with Gasteiger partial charge in [0, 0.05) is 0 Å². The van der Waals surface area contributed by atoms with Crippen LogP contribution in [0.5, 0.6) is 0 Å². The molecule has 2 N–H and O–H groups in total. The van der Waals surface area contributed by atoms with Gasteiger partial charge in [0.15, 0.2) is 0 Å². The van der Waals surface area contributed by atoms with Gasteiger partial charge in [-0.25, -0.2) is 4.79 Å². The normalized spacial score (nSPS) is 9.62. The van der Waals surface area contributed by atoms with Crippen molar-refractivity contribution in [3.05, 3.63) is 0 Å². The fourth-order valence-electron chi connectivity index (χ4n) is 0.240. The predicted octanol–water partition coefficient (Wildman–Crippen LogP) is -0.506. The van der Waals surface area contributed by atoms with E-state index in [0.29, 0.717) is 6.61 Å². The van der Waals surface area contributed by atoms with Gasteiger partial charge in [0.05, 0.1) is 6.61 Å². The minimum absolute atomic E-state index is 0.352. The van der Waals surface area contributed by atoms with Gasteiger partial charge in [-0.1, -0.05) is 0 Å². The standard InChI is InChI=1S/C4H8N2O2/c1-2-8-4(7)3-6-5/h3H,2,5H2,1H3/b6-3+. The third kappa shape index (κ3) is 3.14. The molecule has 0 fully saturated rings. The quantitative estimate of drug-likeness (QED) is 0.229. The Hall–Kier alpha value is -1.06. The van der Waals surface area contributed by atoms with Gasteiger partial charge in [-0.3, -0.25) is 0 Å². The van der Waals surface area contributed by atoms with Crippen molar-refractivity contribution in [3.8, 4) is 0 Å². The summed E-state index contributed by atoms with van der Waals surface area (Å²) in [4.78, 5) is 10.2. The molecule has 4 heteroatoms. The Bertz CT molecular complexity index is 100. The third-order valence-electron chi connectivity index (χ3n) is 0.467. The average Bonchev–Trinajstić information content (AvgIpc) is 1.68. The van der Waals surface area contributed by atoms with Crippen LogP contribution in [0.2, 0.25) is 0 Å². The van der Waals surface area contributed by atoms with Crippen LogP contribution in [0.1, 0.15) is 6.92 Å². The molecule has 0 heterocycles. The van der Waals surface area contributed by atoms with Gasteiger partial charge in [0.1, 0.15) is 6.21 Å². The minimum atomic E-state index is -0.505. The highest BCUT2D eigenvalue weighted by Gasteiger charge is 1.90. The van der Waals surface area contributed by atoms with E-state index >= 15 is 0 Å². The molecule has 0 aromatic rings. The Morgan fingerprint density at radius 3 is 3.00 bits per heavy atom. The second-order valence-electron chi connectivity index (χ2n) is 1.03. The molecule has 46 valence electrons. The highest BCUT2D eigenvalue weighted by molar-refractivity contribution is 6.22. The van der Waals surface area contributed by atoms with E-state index in [1.54, 1.807) is 6.92 Å². The van der Waals surface area contributed by atoms with E-state index in [0.717, 1.165) is 6.21 Å². The van der Waals surface area contributed by atoms with Crippen molar-refractivity contribution in [2.45, 2.75) is 6.92 Å². The van der Waals surface area contributed by atoms with Gasteiger partial charge >= 0.3 is 5.97 Å². The molecule has 0 atom stereocenters. The van der Waals surface area contributed by atoms with Crippen molar-refractivity contribution in [3.63, 3.8) is 0 Å². The first-order chi connectivity index (χ1) is 3.81. The molecule has 0 saturated carbocycles. The van der Waals surface area contributed by atoms with E-state index < -0.39 is 5.97 Å². The smallest absolute Gasteiger partial charge is 0.351 e. The van der Waals surface area contributed by atoms with Crippen LogP contribution in [0, 0.1) is 0 Å². The van der Waals surface area contributed by atoms with Crippen molar-refractivity contribution in [2.24, 2.45) is 10.9 Å². The van der Waals surface area contributed by atoms with Crippen LogP contribution in [0.25, 0.3) is 0 Å². The van der Waals surface area contributed by atoms with Crippen molar-refractivity contribution in [1.82, 2.24) is 0 Å². The summed E-state index contributed by atoms with van der Waals surface area (Å²) < 4.78 is 4.41. The molecule has 4 nitrogen and oxygen atoms in total. The molecule has 0 aliphatic carbocycles. The first kappa shape index (κ1) is 6.94. The van der Waals surface area contributed by atoms with Crippen LogP contribution in [0.4, 0.5) is 0 Å². The molecule has 0 aliphatic rings. The molecule has 0 rings (SSSR count). The molecule has 0 radical (unpaired) electrons. The summed E-state index contributed by atoms with van der Waals surface area (Å²) in [6.07, 6.45) is 0.920. The summed E-state index contributed by atoms with van der Waals surface area (Å²) in [7, 11) is 0. The summed E-state index contributed by atoms with van der Waals surface area (Å²) in [5.74, 6) is 4.12. The summed E-state index contributed by atoms with van der Waals surface area (Å²) >= 11 is 0. The van der Waals surface area contributed by atoms with Gasteiger partial charge in [0.2, 0.25) is 0 Å². The molecule has 0 unspecified atom stereocenters. The molecule has 0 aliphatic heterocycles. The Morgan fingerprint density at radius 1 is 2.00 bits per heavy atom. The lowest BCUT2D eigenvalue weighted by atomic mass is 10.7. The molecule has 0 aromatic heterocycles. The Morgan fingerprint density at radius 2 is 2.62 bits per heavy atom. The molecule has 0 aromatic carbocycles. The fourth-order valence-corrected chi connectivity index (χ4v) is 0.240. The summed E-state index contributed by atoms with van der Waals surface area (Å²) in [6, 6.07) is 0. The van der Waals surface area contributed by atoms with Crippen LogP contribution in [0.15, 0.2) is 5.10 Å². The van der Waals surface area contributed by atoms with Gasteiger partial charge in [-0.2, -0.15) is 5.10 Å². The number of ether oxygens (including phenoxy) is 1. The first-order valence-electron chi connectivity index (χ1n) is 2.21. The van der Waals surface area contributed by atoms with Crippen molar-refractivity contribution >= 4 is 12.2 Å². The lowest BCUT2D eigenvalue weighted by Gasteiger charge is -1.90. The number of hydrazone groups is 1. The molecule has 0 bridgehead atoms. The number of rotatable bonds is 2. The first-order valence-corrected chi connectivity index (χ1v) is 2.21. The molecule has 0 spiro atoms. The Kier molecular flexibility index (Phi) is 3.56. The maximum absolute atomic E-state index is 10.2. The lowest BCUT2D eigenvalue weighted by molar-refractivity contribution is -0.134. The van der Waals surface area contributed by atoms with Crippen molar-refractivity contribution in [2.75, 3.05) is 6.61 Å². The van der Waals surface area contributed by atoms with E-state index in [1.165, 1.54) is 0 Å². The number of hydrogen-bond donors (Lipinski definition) is 1. The van der Waals surface area contributed by atoms with Crippen molar-refractivity contribution in [1.29, 1.82) is 0 Å². The molecule has 0 amide bonds. The van der Waals surface area contributed by atoms with Crippen LogP contribution in [-0.2, 0) is 9.53 Å². The van der Waals surface area contributed by atoms with E-state index in [9.17, 15) is 4.79 Å². The number of esters is 1. The van der Waals surface area contributed by atoms with Crippen LogP contribution in [0.3, 0.4) is 0 Å². The number of nitrogens with zero attached hydrogens (tertiary/aromatic N) is 1. The number of nitrogens with two attached hydrogens (primary N) is 1. The van der Waals surface area contributed by atoms with Gasteiger partial charge in [-0.05, 0) is 6.92 Å². The Labute approximate surface area is 47.3 Å². The van der Waals surface area contributed by atoms with E-state index in [4.69, 9.17) is 0 Å². The zero-order chi connectivity index (χ0) is 6.41. The zero-order valence-corrected chi connectivity index (χ0v) is 4.63. The molecular weight excluding hydrogens is 108 g/mol. The lowest BCUT2D eigenvalue weighted by Crippen LogP contribution is -2.05. The van der Waals surface area contributed by atoms with Gasteiger partial charge < -0.3 is 10.6 Å². The predicted molar refractivity (Wildman–Crippen MR) is 29.3 cm³/mol. The summed E-state index contributed by atoms with van der Waals surface area (Å²) in [5.41, 5.74) is 0. The maximum Gasteiger partial charge on any atom is 0.351 e. The van der Waals surface area contributed by atoms with E-state index in [2.05, 4.69) is 15.7 Å². The largest absolute Gasteiger partial charge is 0.462 e. The number of carbonyl (C=O) groups is 1. The van der Waals surface area contributed by atoms with Crippen LogP contribution < -0.4 is 5.84 Å². The highest BCUT2D eigenvalue weighted by Crippen LogP contribution is 1.69. The second kappa shape index (κ2) is 4.11. The van der Waals surface area contributed by atoms with Crippen LogP contribution >= 0.6 is 0 Å². The second-order valence-corrected chi connectivity index (χ2v) is 1.03. The third-order valence-corrected chi connectivity index (χ3v) is 0.467. The number of hydrogen-bond acceptors (Lipinski definition) is 4. The molecule has 0 saturated heterocycles.